The first-order chi connectivity index (χ1) is 10.8. The molecule has 118 valence electrons. The van der Waals surface area contributed by atoms with Gasteiger partial charge in [-0.3, -0.25) is 4.79 Å². The molecule has 0 spiro atoms. The van der Waals surface area contributed by atoms with Gasteiger partial charge in [-0.2, -0.15) is 13.2 Å². The van der Waals surface area contributed by atoms with Gasteiger partial charge in [0.05, 0.1) is 12.1 Å². The predicted molar refractivity (Wildman–Crippen MR) is 83.5 cm³/mol. The normalized spacial score (nSPS) is 11.8. The SMILES string of the molecule is Cc1ccc2ccn(Cc3ccc(C(F)(F)F)cc3)c(=O)c2c1. The lowest BCUT2D eigenvalue weighted by molar-refractivity contribution is -0.137. The number of benzene rings is 2. The van der Waals surface area contributed by atoms with Gasteiger partial charge < -0.3 is 4.57 Å². The minimum Gasteiger partial charge on any atom is -0.311 e. The van der Waals surface area contributed by atoms with Crippen LogP contribution in [0.25, 0.3) is 10.8 Å². The van der Waals surface area contributed by atoms with E-state index in [9.17, 15) is 18.0 Å². The fourth-order valence-corrected chi connectivity index (χ4v) is 2.51. The molecular formula is C18H14F3NO. The molecule has 0 N–H and O–H groups in total. The van der Waals surface area contributed by atoms with Crippen LogP contribution >= 0.6 is 0 Å². The van der Waals surface area contributed by atoms with E-state index >= 15 is 0 Å². The van der Waals surface area contributed by atoms with E-state index in [0.29, 0.717) is 10.9 Å². The van der Waals surface area contributed by atoms with Crippen LogP contribution in [0, 0.1) is 6.92 Å². The summed E-state index contributed by atoms with van der Waals surface area (Å²) in [4.78, 5) is 12.5. The van der Waals surface area contributed by atoms with Crippen molar-refractivity contribution in [1.29, 1.82) is 0 Å². The van der Waals surface area contributed by atoms with Gasteiger partial charge >= 0.3 is 6.18 Å². The Kier molecular flexibility index (Phi) is 3.72. The molecule has 0 bridgehead atoms. The second kappa shape index (κ2) is 5.57. The average molecular weight is 317 g/mol. The molecule has 2 aromatic carbocycles. The maximum absolute atomic E-state index is 12.6. The van der Waals surface area contributed by atoms with Gasteiger partial charge in [-0.1, -0.05) is 29.8 Å². The van der Waals surface area contributed by atoms with Crippen LogP contribution in [0.5, 0.6) is 0 Å². The highest BCUT2D eigenvalue weighted by atomic mass is 19.4. The van der Waals surface area contributed by atoms with Crippen LogP contribution in [0.1, 0.15) is 16.7 Å². The second-order valence-electron chi connectivity index (χ2n) is 5.53. The summed E-state index contributed by atoms with van der Waals surface area (Å²) in [5, 5.41) is 1.46. The van der Waals surface area contributed by atoms with Gasteiger partial charge in [-0.25, -0.2) is 0 Å². The Bertz CT molecular complexity index is 908. The van der Waals surface area contributed by atoms with E-state index in [4.69, 9.17) is 0 Å². The Morgan fingerprint density at radius 1 is 1.00 bits per heavy atom. The first-order valence-electron chi connectivity index (χ1n) is 7.10. The Morgan fingerprint density at radius 3 is 2.35 bits per heavy atom. The lowest BCUT2D eigenvalue weighted by atomic mass is 10.1. The summed E-state index contributed by atoms with van der Waals surface area (Å²) < 4.78 is 39.2. The molecule has 0 radical (unpaired) electrons. The van der Waals surface area contributed by atoms with Gasteiger partial charge in [-0.15, -0.1) is 0 Å². The maximum atomic E-state index is 12.6. The molecule has 3 aromatic rings. The van der Waals surface area contributed by atoms with Crippen LogP contribution in [0.3, 0.4) is 0 Å². The van der Waals surface area contributed by atoms with E-state index in [-0.39, 0.29) is 12.1 Å². The van der Waals surface area contributed by atoms with Gasteiger partial charge in [0.2, 0.25) is 0 Å². The van der Waals surface area contributed by atoms with Crippen LogP contribution in [0.4, 0.5) is 13.2 Å². The van der Waals surface area contributed by atoms with Crippen LogP contribution in [0.2, 0.25) is 0 Å². The number of hydrogen-bond acceptors (Lipinski definition) is 1. The zero-order chi connectivity index (χ0) is 16.6. The van der Waals surface area contributed by atoms with Gasteiger partial charge in [0.15, 0.2) is 0 Å². The van der Waals surface area contributed by atoms with Crippen LogP contribution in [-0.4, -0.2) is 4.57 Å². The first-order valence-corrected chi connectivity index (χ1v) is 7.10. The van der Waals surface area contributed by atoms with Crippen molar-refractivity contribution in [3.05, 3.63) is 81.8 Å². The predicted octanol–water partition coefficient (Wildman–Crippen LogP) is 4.38. The highest BCUT2D eigenvalue weighted by Crippen LogP contribution is 2.29. The van der Waals surface area contributed by atoms with Crippen molar-refractivity contribution < 1.29 is 13.2 Å². The highest BCUT2D eigenvalue weighted by Gasteiger charge is 2.29. The maximum Gasteiger partial charge on any atom is 0.416 e. The second-order valence-corrected chi connectivity index (χ2v) is 5.53. The van der Waals surface area contributed by atoms with Gasteiger partial charge in [0.1, 0.15) is 0 Å². The number of pyridine rings is 1. The molecule has 0 unspecified atom stereocenters. The molecule has 0 saturated carbocycles. The van der Waals surface area contributed by atoms with E-state index in [2.05, 4.69) is 0 Å². The van der Waals surface area contributed by atoms with Crippen molar-refractivity contribution >= 4 is 10.8 Å². The molecule has 0 amide bonds. The van der Waals surface area contributed by atoms with Crippen LogP contribution < -0.4 is 5.56 Å². The van der Waals surface area contributed by atoms with E-state index in [1.165, 1.54) is 16.7 Å². The van der Waals surface area contributed by atoms with Gasteiger partial charge in [0.25, 0.3) is 5.56 Å². The molecule has 3 rings (SSSR count). The van der Waals surface area contributed by atoms with Crippen molar-refractivity contribution in [3.63, 3.8) is 0 Å². The number of aromatic nitrogens is 1. The summed E-state index contributed by atoms with van der Waals surface area (Å²) in [5.41, 5.74) is 0.794. The smallest absolute Gasteiger partial charge is 0.311 e. The molecule has 0 saturated heterocycles. The number of hydrogen-bond donors (Lipinski definition) is 0. The Labute approximate surface area is 130 Å². The molecule has 1 aromatic heterocycles. The summed E-state index contributed by atoms with van der Waals surface area (Å²) in [7, 11) is 0. The minimum absolute atomic E-state index is 0.147. The zero-order valence-electron chi connectivity index (χ0n) is 12.4. The summed E-state index contributed by atoms with van der Waals surface area (Å²) in [6, 6.07) is 12.3. The molecule has 1 heterocycles. The van der Waals surface area contributed by atoms with E-state index < -0.39 is 11.7 Å². The van der Waals surface area contributed by atoms with Crippen molar-refractivity contribution in [2.45, 2.75) is 19.6 Å². The lowest BCUT2D eigenvalue weighted by Crippen LogP contribution is -2.20. The lowest BCUT2D eigenvalue weighted by Gasteiger charge is -2.10. The minimum atomic E-state index is -4.35. The quantitative estimate of drug-likeness (QED) is 0.687. The summed E-state index contributed by atoms with van der Waals surface area (Å²) in [5.74, 6) is 0. The molecule has 0 fully saturated rings. The largest absolute Gasteiger partial charge is 0.416 e. The van der Waals surface area contributed by atoms with Crippen molar-refractivity contribution in [3.8, 4) is 0 Å². The van der Waals surface area contributed by atoms with Crippen molar-refractivity contribution in [2.24, 2.45) is 0 Å². The molecule has 23 heavy (non-hydrogen) atoms. The molecule has 0 aliphatic rings. The van der Waals surface area contributed by atoms with E-state index in [0.717, 1.165) is 23.1 Å². The molecule has 0 aliphatic carbocycles. The third kappa shape index (κ3) is 3.13. The zero-order valence-corrected chi connectivity index (χ0v) is 12.4. The molecule has 2 nitrogen and oxygen atoms in total. The monoisotopic (exact) mass is 317 g/mol. The molecular weight excluding hydrogens is 303 g/mol. The Balaban J connectivity index is 1.95. The fraction of sp³-hybridized carbons (Fsp3) is 0.167. The number of aryl methyl sites for hydroxylation is 1. The average Bonchev–Trinajstić information content (AvgIpc) is 2.50. The highest BCUT2D eigenvalue weighted by molar-refractivity contribution is 5.82. The van der Waals surface area contributed by atoms with Crippen molar-refractivity contribution in [2.75, 3.05) is 0 Å². The van der Waals surface area contributed by atoms with Crippen LogP contribution in [0.15, 0.2) is 59.5 Å². The molecule has 5 heteroatoms. The number of rotatable bonds is 2. The van der Waals surface area contributed by atoms with E-state index in [1.54, 1.807) is 6.20 Å². The van der Waals surface area contributed by atoms with Crippen molar-refractivity contribution in [1.82, 2.24) is 4.57 Å². The summed E-state index contributed by atoms with van der Waals surface area (Å²) in [6.45, 7) is 2.15. The van der Waals surface area contributed by atoms with E-state index in [1.807, 2.05) is 31.2 Å². The summed E-state index contributed by atoms with van der Waals surface area (Å²) >= 11 is 0. The fourth-order valence-electron chi connectivity index (χ4n) is 2.51. The standard InChI is InChI=1S/C18H14F3NO/c1-12-2-5-14-8-9-22(17(23)16(14)10-12)11-13-3-6-15(7-4-13)18(19,20)21/h2-10H,11H2,1H3. The number of fused-ring (bicyclic) bond motifs is 1. The first kappa shape index (κ1) is 15.3. The number of halogens is 3. The van der Waals surface area contributed by atoms with Gasteiger partial charge in [-0.05, 0) is 42.1 Å². The summed E-state index contributed by atoms with van der Waals surface area (Å²) in [6.07, 6.45) is -2.69. The molecule has 0 atom stereocenters. The van der Waals surface area contributed by atoms with Crippen LogP contribution in [-0.2, 0) is 12.7 Å². The Morgan fingerprint density at radius 2 is 1.70 bits per heavy atom. The number of nitrogens with zero attached hydrogens (tertiary/aromatic N) is 1. The third-order valence-electron chi connectivity index (χ3n) is 3.77. The molecule has 0 aliphatic heterocycles. The third-order valence-corrected chi connectivity index (χ3v) is 3.77. The topological polar surface area (TPSA) is 22.0 Å². The van der Waals surface area contributed by atoms with Gasteiger partial charge in [0, 0.05) is 11.6 Å². The number of alkyl halides is 3. The Hall–Kier alpha value is -2.56.